The van der Waals surface area contributed by atoms with Gasteiger partial charge in [0, 0.05) is 32.6 Å². The first-order chi connectivity index (χ1) is 7.07. The van der Waals surface area contributed by atoms with Crippen LogP contribution in [0.25, 0.3) is 0 Å². The SMILES string of the molecule is CC[C@H](N)C(=O)NCC1(O)CCOCC1. The van der Waals surface area contributed by atoms with Crippen LogP contribution in [-0.2, 0) is 9.53 Å². The molecule has 1 fully saturated rings. The van der Waals surface area contributed by atoms with Crippen molar-refractivity contribution in [1.29, 1.82) is 0 Å². The van der Waals surface area contributed by atoms with Gasteiger partial charge in [-0.15, -0.1) is 0 Å². The molecule has 1 rings (SSSR count). The molecule has 1 heterocycles. The molecular weight excluding hydrogens is 196 g/mol. The van der Waals surface area contributed by atoms with E-state index in [-0.39, 0.29) is 12.5 Å². The number of ether oxygens (including phenoxy) is 1. The van der Waals surface area contributed by atoms with Crippen LogP contribution in [-0.4, -0.2) is 42.4 Å². The Bertz CT molecular complexity index is 215. The maximum Gasteiger partial charge on any atom is 0.237 e. The minimum atomic E-state index is -0.818. The number of amides is 1. The normalized spacial score (nSPS) is 22.1. The van der Waals surface area contributed by atoms with E-state index < -0.39 is 11.6 Å². The molecule has 15 heavy (non-hydrogen) atoms. The molecule has 1 aliphatic heterocycles. The van der Waals surface area contributed by atoms with Crippen LogP contribution in [0.3, 0.4) is 0 Å². The summed E-state index contributed by atoms with van der Waals surface area (Å²) in [6.45, 7) is 3.22. The van der Waals surface area contributed by atoms with Crippen LogP contribution in [0.1, 0.15) is 26.2 Å². The average molecular weight is 216 g/mol. The molecule has 4 N–H and O–H groups in total. The summed E-state index contributed by atoms with van der Waals surface area (Å²) in [5.41, 5.74) is 4.74. The number of aliphatic hydroxyl groups is 1. The number of carbonyl (C=O) groups excluding carboxylic acids is 1. The molecule has 0 aliphatic carbocycles. The van der Waals surface area contributed by atoms with Crippen LogP contribution >= 0.6 is 0 Å². The molecule has 1 atom stereocenters. The predicted octanol–water partition coefficient (Wildman–Crippen LogP) is -0.619. The van der Waals surface area contributed by atoms with Gasteiger partial charge in [0.1, 0.15) is 0 Å². The summed E-state index contributed by atoms with van der Waals surface area (Å²) >= 11 is 0. The molecule has 0 aromatic rings. The van der Waals surface area contributed by atoms with E-state index in [2.05, 4.69) is 5.32 Å². The molecule has 5 nitrogen and oxygen atoms in total. The molecular formula is C10H20N2O3. The molecule has 0 aromatic carbocycles. The molecule has 1 aliphatic rings. The maximum atomic E-state index is 11.4. The molecule has 0 aromatic heterocycles. The Kier molecular flexibility index (Phi) is 4.50. The quantitative estimate of drug-likeness (QED) is 0.585. The van der Waals surface area contributed by atoms with Crippen LogP contribution in [0.2, 0.25) is 0 Å². The van der Waals surface area contributed by atoms with Gasteiger partial charge in [-0.05, 0) is 6.42 Å². The predicted molar refractivity (Wildman–Crippen MR) is 56.3 cm³/mol. The summed E-state index contributed by atoms with van der Waals surface area (Å²) in [6.07, 6.45) is 1.73. The van der Waals surface area contributed by atoms with Crippen molar-refractivity contribution >= 4 is 5.91 Å². The standard InChI is InChI=1S/C10H20N2O3/c1-2-8(11)9(13)12-7-10(14)3-5-15-6-4-10/h8,14H,2-7,11H2,1H3,(H,12,13)/t8-/m0/s1. The Morgan fingerprint density at radius 3 is 2.73 bits per heavy atom. The van der Waals surface area contributed by atoms with Crippen LogP contribution < -0.4 is 11.1 Å². The Morgan fingerprint density at radius 2 is 2.20 bits per heavy atom. The molecule has 1 saturated heterocycles. The maximum absolute atomic E-state index is 11.4. The second kappa shape index (κ2) is 5.44. The van der Waals surface area contributed by atoms with E-state index in [9.17, 15) is 9.90 Å². The first-order valence-corrected chi connectivity index (χ1v) is 5.41. The van der Waals surface area contributed by atoms with Crippen LogP contribution in [0.4, 0.5) is 0 Å². The third kappa shape index (κ3) is 3.77. The first-order valence-electron chi connectivity index (χ1n) is 5.41. The fourth-order valence-electron chi connectivity index (χ4n) is 1.50. The van der Waals surface area contributed by atoms with Crippen molar-refractivity contribution in [2.45, 2.75) is 37.8 Å². The van der Waals surface area contributed by atoms with Gasteiger partial charge in [-0.25, -0.2) is 0 Å². The van der Waals surface area contributed by atoms with Gasteiger partial charge in [0.15, 0.2) is 0 Å². The summed E-state index contributed by atoms with van der Waals surface area (Å²) in [7, 11) is 0. The Hall–Kier alpha value is -0.650. The number of rotatable bonds is 4. The topological polar surface area (TPSA) is 84.6 Å². The molecule has 0 radical (unpaired) electrons. The van der Waals surface area contributed by atoms with E-state index in [0.717, 1.165) is 0 Å². The lowest BCUT2D eigenvalue weighted by Gasteiger charge is -2.32. The van der Waals surface area contributed by atoms with Gasteiger partial charge < -0.3 is 20.9 Å². The fourth-order valence-corrected chi connectivity index (χ4v) is 1.50. The number of nitrogens with two attached hydrogens (primary N) is 1. The van der Waals surface area contributed by atoms with Gasteiger partial charge >= 0.3 is 0 Å². The van der Waals surface area contributed by atoms with Crippen molar-refractivity contribution in [2.24, 2.45) is 5.73 Å². The van der Waals surface area contributed by atoms with Gasteiger partial charge in [-0.1, -0.05) is 6.92 Å². The van der Waals surface area contributed by atoms with E-state index in [4.69, 9.17) is 10.5 Å². The second-order valence-electron chi connectivity index (χ2n) is 4.07. The highest BCUT2D eigenvalue weighted by atomic mass is 16.5. The zero-order chi connectivity index (χ0) is 11.3. The van der Waals surface area contributed by atoms with Crippen molar-refractivity contribution in [3.05, 3.63) is 0 Å². The minimum absolute atomic E-state index is 0.197. The fraction of sp³-hybridized carbons (Fsp3) is 0.900. The van der Waals surface area contributed by atoms with Gasteiger partial charge in [0.2, 0.25) is 5.91 Å². The highest BCUT2D eigenvalue weighted by molar-refractivity contribution is 5.81. The van der Waals surface area contributed by atoms with E-state index in [1.807, 2.05) is 6.92 Å². The molecule has 1 amide bonds. The number of hydrogen-bond acceptors (Lipinski definition) is 4. The Labute approximate surface area is 90.0 Å². The highest BCUT2D eigenvalue weighted by Gasteiger charge is 2.30. The molecule has 5 heteroatoms. The molecule has 88 valence electrons. The third-order valence-corrected chi connectivity index (χ3v) is 2.79. The monoisotopic (exact) mass is 216 g/mol. The molecule has 0 bridgehead atoms. The lowest BCUT2D eigenvalue weighted by molar-refractivity contribution is -0.125. The third-order valence-electron chi connectivity index (χ3n) is 2.79. The summed E-state index contributed by atoms with van der Waals surface area (Å²) < 4.78 is 5.14. The van der Waals surface area contributed by atoms with E-state index in [1.165, 1.54) is 0 Å². The lowest BCUT2D eigenvalue weighted by Crippen LogP contribution is -2.50. The molecule has 0 saturated carbocycles. The largest absolute Gasteiger partial charge is 0.388 e. The zero-order valence-electron chi connectivity index (χ0n) is 9.16. The first kappa shape index (κ1) is 12.4. The Morgan fingerprint density at radius 1 is 1.60 bits per heavy atom. The van der Waals surface area contributed by atoms with Crippen LogP contribution in [0.5, 0.6) is 0 Å². The van der Waals surface area contributed by atoms with E-state index >= 15 is 0 Å². The lowest BCUT2D eigenvalue weighted by atomic mass is 9.94. The number of hydrogen-bond donors (Lipinski definition) is 3. The van der Waals surface area contributed by atoms with Crippen molar-refractivity contribution in [1.82, 2.24) is 5.32 Å². The summed E-state index contributed by atoms with van der Waals surface area (Å²) in [6, 6.07) is -0.478. The molecule has 0 unspecified atom stereocenters. The van der Waals surface area contributed by atoms with E-state index in [0.29, 0.717) is 32.5 Å². The van der Waals surface area contributed by atoms with Crippen LogP contribution in [0, 0.1) is 0 Å². The second-order valence-corrected chi connectivity index (χ2v) is 4.07. The van der Waals surface area contributed by atoms with Crippen molar-refractivity contribution in [3.63, 3.8) is 0 Å². The van der Waals surface area contributed by atoms with Crippen molar-refractivity contribution in [2.75, 3.05) is 19.8 Å². The van der Waals surface area contributed by atoms with Gasteiger partial charge in [-0.2, -0.15) is 0 Å². The van der Waals surface area contributed by atoms with Gasteiger partial charge in [-0.3, -0.25) is 4.79 Å². The highest BCUT2D eigenvalue weighted by Crippen LogP contribution is 2.19. The minimum Gasteiger partial charge on any atom is -0.388 e. The van der Waals surface area contributed by atoms with Crippen molar-refractivity contribution < 1.29 is 14.6 Å². The summed E-state index contributed by atoms with van der Waals surface area (Å²) in [4.78, 5) is 11.4. The average Bonchev–Trinajstić information content (AvgIpc) is 2.26. The van der Waals surface area contributed by atoms with E-state index in [1.54, 1.807) is 0 Å². The summed E-state index contributed by atoms with van der Waals surface area (Å²) in [5, 5.41) is 12.7. The number of carbonyl (C=O) groups is 1. The smallest absolute Gasteiger partial charge is 0.237 e. The van der Waals surface area contributed by atoms with Crippen LogP contribution in [0.15, 0.2) is 0 Å². The van der Waals surface area contributed by atoms with Gasteiger partial charge in [0.25, 0.3) is 0 Å². The zero-order valence-corrected chi connectivity index (χ0v) is 9.16. The Balaban J connectivity index is 2.31. The summed E-state index contributed by atoms with van der Waals surface area (Å²) in [5.74, 6) is -0.197. The van der Waals surface area contributed by atoms with Gasteiger partial charge in [0.05, 0.1) is 11.6 Å². The number of nitrogens with one attached hydrogen (secondary N) is 1. The molecule has 0 spiro atoms. The van der Waals surface area contributed by atoms with Crippen molar-refractivity contribution in [3.8, 4) is 0 Å².